The van der Waals surface area contributed by atoms with E-state index in [-0.39, 0.29) is 5.56 Å². The molecule has 0 bridgehead atoms. The van der Waals surface area contributed by atoms with Crippen LogP contribution < -0.4 is 16.4 Å². The lowest BCUT2D eigenvalue weighted by Crippen LogP contribution is -2.28. The van der Waals surface area contributed by atoms with E-state index in [1.165, 1.54) is 4.57 Å². The van der Waals surface area contributed by atoms with Crippen molar-refractivity contribution in [2.24, 2.45) is 0 Å². The summed E-state index contributed by atoms with van der Waals surface area (Å²) in [5.41, 5.74) is 1.20. The second-order valence-corrected chi connectivity index (χ2v) is 3.03. The average molecular weight is 186 g/mol. The molecule has 0 aliphatic heterocycles. The summed E-state index contributed by atoms with van der Waals surface area (Å²) in [5, 5.41) is 0.360. The van der Waals surface area contributed by atoms with Crippen molar-refractivity contribution in [2.45, 2.75) is 0 Å². The molecule has 0 aliphatic rings. The number of nitrogens with zero attached hydrogens (tertiary/aromatic N) is 1. The quantitative estimate of drug-likeness (QED) is 0.668. The fourth-order valence-corrected chi connectivity index (χ4v) is 1.39. The Kier molecular flexibility index (Phi) is 1.85. The molecule has 0 unspecified atom stereocenters. The molecule has 0 radical (unpaired) electrons. The predicted octanol–water partition coefficient (Wildman–Crippen LogP) is -0.0138. The summed E-state index contributed by atoms with van der Waals surface area (Å²) in [4.78, 5) is 14.4. The second kappa shape index (κ2) is 3.03. The van der Waals surface area contributed by atoms with Crippen LogP contribution in [0.2, 0.25) is 0 Å². The van der Waals surface area contributed by atoms with E-state index in [4.69, 9.17) is 0 Å². The van der Waals surface area contributed by atoms with Crippen LogP contribution in [0.25, 0.3) is 18.8 Å². The largest absolute Gasteiger partial charge is 0.338 e. The third-order valence-electron chi connectivity index (χ3n) is 2.04. The molecular formula is C11H10N2O. The molecular weight excluding hydrogens is 176 g/mol. The van der Waals surface area contributed by atoms with Gasteiger partial charge in [-0.05, 0) is 12.1 Å². The van der Waals surface area contributed by atoms with Crippen LogP contribution >= 0.6 is 0 Å². The smallest absolute Gasteiger partial charge is 0.279 e. The van der Waals surface area contributed by atoms with Crippen LogP contribution in [0.1, 0.15) is 0 Å². The van der Waals surface area contributed by atoms with Gasteiger partial charge in [0.2, 0.25) is 0 Å². The summed E-state index contributed by atoms with van der Waals surface area (Å²) in [7, 11) is 0. The maximum Gasteiger partial charge on any atom is 0.279 e. The topological polar surface area (TPSA) is 37.8 Å². The summed E-state index contributed by atoms with van der Waals surface area (Å²) in [5.74, 6) is 0. The lowest BCUT2D eigenvalue weighted by atomic mass is 10.3. The lowest BCUT2D eigenvalue weighted by molar-refractivity contribution is 0.967. The number of H-pyrrole nitrogens is 1. The molecule has 0 aliphatic carbocycles. The number of benzene rings is 1. The van der Waals surface area contributed by atoms with Crippen molar-refractivity contribution in [3.8, 4) is 5.69 Å². The summed E-state index contributed by atoms with van der Waals surface area (Å²) < 4.78 is 1.50. The van der Waals surface area contributed by atoms with E-state index >= 15 is 0 Å². The maximum atomic E-state index is 11.6. The van der Waals surface area contributed by atoms with E-state index in [1.807, 2.05) is 30.3 Å². The highest BCUT2D eigenvalue weighted by molar-refractivity contribution is 5.31. The molecule has 70 valence electrons. The van der Waals surface area contributed by atoms with Crippen molar-refractivity contribution >= 4 is 13.2 Å². The number of hydrogen-bond donors (Lipinski definition) is 1. The molecule has 14 heavy (non-hydrogen) atoms. The van der Waals surface area contributed by atoms with Gasteiger partial charge in [0.15, 0.2) is 0 Å². The van der Waals surface area contributed by atoms with E-state index < -0.39 is 0 Å². The molecule has 0 spiro atoms. The fourth-order valence-electron chi connectivity index (χ4n) is 1.39. The minimum Gasteiger partial charge on any atom is -0.338 e. The van der Waals surface area contributed by atoms with E-state index in [1.54, 1.807) is 0 Å². The van der Waals surface area contributed by atoms with E-state index in [2.05, 4.69) is 18.1 Å². The van der Waals surface area contributed by atoms with E-state index in [9.17, 15) is 4.79 Å². The van der Waals surface area contributed by atoms with Crippen LogP contribution in [0.5, 0.6) is 0 Å². The zero-order valence-electron chi connectivity index (χ0n) is 7.66. The van der Waals surface area contributed by atoms with Gasteiger partial charge in [0.05, 0.1) is 11.0 Å². The number of rotatable bonds is 1. The molecule has 0 fully saturated rings. The van der Waals surface area contributed by atoms with Gasteiger partial charge < -0.3 is 4.98 Å². The van der Waals surface area contributed by atoms with Crippen molar-refractivity contribution in [1.29, 1.82) is 0 Å². The van der Waals surface area contributed by atoms with Crippen LogP contribution in [0.15, 0.2) is 35.1 Å². The van der Waals surface area contributed by atoms with Gasteiger partial charge in [0.25, 0.3) is 5.56 Å². The normalized spacial score (nSPS) is 10.3. The molecule has 1 aromatic heterocycles. The zero-order valence-corrected chi connectivity index (χ0v) is 7.66. The van der Waals surface area contributed by atoms with Crippen molar-refractivity contribution in [3.05, 3.63) is 51.5 Å². The van der Waals surface area contributed by atoms with Crippen molar-refractivity contribution < 1.29 is 0 Å². The van der Waals surface area contributed by atoms with Gasteiger partial charge in [0.1, 0.15) is 5.48 Å². The Bertz CT molecular complexity index is 592. The molecule has 1 N–H and O–H groups in total. The highest BCUT2D eigenvalue weighted by Crippen LogP contribution is 1.98. The summed E-state index contributed by atoms with van der Waals surface area (Å²) in [6.07, 6.45) is 0. The standard InChI is InChI=1S/C11H10N2O/c1-8-11(14)13(9(2)12-8)10-6-4-3-5-7-10/h3-7,12H,1-2H2. The molecule has 0 atom stereocenters. The number of imidazole rings is 1. The molecule has 2 rings (SSSR count). The predicted molar refractivity (Wildman–Crippen MR) is 56.7 cm³/mol. The van der Waals surface area contributed by atoms with Crippen LogP contribution in [0.4, 0.5) is 0 Å². The van der Waals surface area contributed by atoms with Crippen molar-refractivity contribution in [1.82, 2.24) is 9.55 Å². The third kappa shape index (κ3) is 1.19. The minimum atomic E-state index is -0.152. The third-order valence-corrected chi connectivity index (χ3v) is 2.04. The van der Waals surface area contributed by atoms with Gasteiger partial charge in [-0.25, -0.2) is 0 Å². The molecule has 0 amide bonds. The number of aromatic amines is 1. The van der Waals surface area contributed by atoms with Crippen LogP contribution in [0, 0.1) is 0 Å². The van der Waals surface area contributed by atoms with Crippen molar-refractivity contribution in [3.63, 3.8) is 0 Å². The molecule has 1 heterocycles. The Labute approximate surface area is 80.6 Å². The van der Waals surface area contributed by atoms with Gasteiger partial charge in [-0.3, -0.25) is 9.36 Å². The molecule has 0 saturated heterocycles. The first kappa shape index (κ1) is 8.56. The molecule has 1 aromatic carbocycles. The van der Waals surface area contributed by atoms with Crippen molar-refractivity contribution in [2.75, 3.05) is 0 Å². The molecule has 0 saturated carbocycles. The van der Waals surface area contributed by atoms with Crippen LogP contribution in [-0.4, -0.2) is 9.55 Å². The first-order chi connectivity index (χ1) is 6.70. The Morgan fingerprint density at radius 3 is 2.29 bits per heavy atom. The summed E-state index contributed by atoms with van der Waals surface area (Å²) in [6.45, 7) is 7.34. The maximum absolute atomic E-state index is 11.6. The first-order valence-corrected chi connectivity index (χ1v) is 4.24. The highest BCUT2D eigenvalue weighted by atomic mass is 16.1. The highest BCUT2D eigenvalue weighted by Gasteiger charge is 2.01. The van der Waals surface area contributed by atoms with Crippen LogP contribution in [-0.2, 0) is 0 Å². The second-order valence-electron chi connectivity index (χ2n) is 3.03. The fraction of sp³-hybridized carbons (Fsp3) is 0. The summed E-state index contributed by atoms with van der Waals surface area (Å²) >= 11 is 0. The van der Waals surface area contributed by atoms with Gasteiger partial charge in [-0.15, -0.1) is 0 Å². The zero-order chi connectivity index (χ0) is 10.1. The Balaban J connectivity index is 2.82. The number of hydrogen-bond acceptors (Lipinski definition) is 1. The van der Waals surface area contributed by atoms with E-state index in [0.717, 1.165) is 5.69 Å². The molecule has 3 heteroatoms. The Hall–Kier alpha value is -2.03. The monoisotopic (exact) mass is 186 g/mol. The van der Waals surface area contributed by atoms with Gasteiger partial charge in [-0.1, -0.05) is 31.4 Å². The Morgan fingerprint density at radius 1 is 1.14 bits per heavy atom. The van der Waals surface area contributed by atoms with Gasteiger partial charge >= 0.3 is 0 Å². The minimum absolute atomic E-state index is 0.152. The summed E-state index contributed by atoms with van der Waals surface area (Å²) in [6, 6.07) is 9.34. The van der Waals surface area contributed by atoms with Gasteiger partial charge in [-0.2, -0.15) is 0 Å². The lowest BCUT2D eigenvalue weighted by Gasteiger charge is -1.99. The van der Waals surface area contributed by atoms with Gasteiger partial charge in [0, 0.05) is 0 Å². The SMILES string of the molecule is C=c1[nH]c(=C)n(-c2ccccc2)c1=O. The first-order valence-electron chi connectivity index (χ1n) is 4.24. The number of aromatic nitrogens is 2. The van der Waals surface area contributed by atoms with Crippen LogP contribution in [0.3, 0.4) is 0 Å². The molecule has 2 aromatic rings. The molecule has 3 nitrogen and oxygen atoms in total. The average Bonchev–Trinajstić information content (AvgIpc) is 2.43. The Morgan fingerprint density at radius 2 is 1.79 bits per heavy atom. The number of para-hydroxylation sites is 1. The van der Waals surface area contributed by atoms with E-state index in [0.29, 0.717) is 10.8 Å². The number of nitrogens with one attached hydrogen (secondary N) is 1.